The van der Waals surface area contributed by atoms with Crippen molar-refractivity contribution < 1.29 is 19.7 Å². The number of nitriles is 1. The van der Waals surface area contributed by atoms with Crippen molar-refractivity contribution in [1.82, 2.24) is 25.0 Å². The van der Waals surface area contributed by atoms with Gasteiger partial charge in [-0.3, -0.25) is 0 Å². The lowest BCUT2D eigenvalue weighted by molar-refractivity contribution is -0.186. The molecule has 1 fully saturated rings. The molecule has 1 saturated heterocycles. The first-order valence-corrected chi connectivity index (χ1v) is 11.7. The number of rotatable bonds is 6. The quantitative estimate of drug-likeness (QED) is 0.503. The van der Waals surface area contributed by atoms with E-state index in [1.54, 1.807) is 17.6 Å². The van der Waals surface area contributed by atoms with Gasteiger partial charge in [-0.15, -0.1) is 16.4 Å². The fourth-order valence-electron chi connectivity index (χ4n) is 3.34. The highest BCUT2D eigenvalue weighted by Crippen LogP contribution is 2.40. The average molecular weight is 515 g/mol. The number of aromatic nitrogens is 5. The second-order valence-corrected chi connectivity index (χ2v) is 9.72. The Hall–Kier alpha value is -1.82. The van der Waals surface area contributed by atoms with Crippen molar-refractivity contribution in [3.05, 3.63) is 39.0 Å². The van der Waals surface area contributed by atoms with Crippen LogP contribution in [0.25, 0.3) is 11.4 Å². The number of aliphatic hydroxyl groups excluding tert-OH is 2. The zero-order valence-corrected chi connectivity index (χ0v) is 19.5. The van der Waals surface area contributed by atoms with Crippen LogP contribution >= 0.6 is 46.3 Å². The molecule has 0 radical (unpaired) electrons. The molecule has 168 valence electrons. The Kier molecular flexibility index (Phi) is 7.28. The Labute approximate surface area is 200 Å². The van der Waals surface area contributed by atoms with E-state index in [-0.39, 0.29) is 5.69 Å². The highest BCUT2D eigenvalue weighted by molar-refractivity contribution is 7.99. The maximum atomic E-state index is 10.9. The summed E-state index contributed by atoms with van der Waals surface area (Å²) in [6, 6.07) is 2.86. The number of hydrogen-bond donors (Lipinski definition) is 2. The second-order valence-electron chi connectivity index (χ2n) is 6.71. The molecule has 14 heteroatoms. The van der Waals surface area contributed by atoms with Gasteiger partial charge < -0.3 is 19.7 Å². The van der Waals surface area contributed by atoms with Crippen LogP contribution in [0.2, 0.25) is 9.49 Å². The predicted molar refractivity (Wildman–Crippen MR) is 118 cm³/mol. The van der Waals surface area contributed by atoms with Gasteiger partial charge in [-0.2, -0.15) is 5.26 Å². The summed E-state index contributed by atoms with van der Waals surface area (Å²) in [5.74, 6) is 0. The van der Waals surface area contributed by atoms with E-state index in [4.69, 9.17) is 32.7 Å². The van der Waals surface area contributed by atoms with Gasteiger partial charge in [0.25, 0.3) is 0 Å². The van der Waals surface area contributed by atoms with Crippen LogP contribution in [0.3, 0.4) is 0 Å². The molecule has 0 amide bonds. The van der Waals surface area contributed by atoms with Gasteiger partial charge in [-0.05, 0) is 6.07 Å². The van der Waals surface area contributed by atoms with Crippen LogP contribution in [0, 0.1) is 11.3 Å². The van der Waals surface area contributed by atoms with Crippen molar-refractivity contribution in [3.8, 4) is 17.5 Å². The summed E-state index contributed by atoms with van der Waals surface area (Å²) < 4.78 is 13.4. The molecule has 10 nitrogen and oxygen atoms in total. The number of ether oxygens (including phenoxy) is 2. The van der Waals surface area contributed by atoms with E-state index in [9.17, 15) is 15.5 Å². The summed E-state index contributed by atoms with van der Waals surface area (Å²) >= 11 is 14.4. The van der Waals surface area contributed by atoms with Crippen LogP contribution in [-0.4, -0.2) is 72.6 Å². The highest BCUT2D eigenvalue weighted by atomic mass is 35.5. The Balaban J connectivity index is 1.68. The first kappa shape index (κ1) is 23.3. The number of halogens is 2. The zero-order chi connectivity index (χ0) is 22.8. The summed E-state index contributed by atoms with van der Waals surface area (Å²) in [5, 5.41) is 40.5. The molecular weight excluding hydrogens is 499 g/mol. The minimum Gasteiger partial charge on any atom is -0.394 e. The molecule has 4 unspecified atom stereocenters. The van der Waals surface area contributed by atoms with Gasteiger partial charge in [0.05, 0.1) is 17.8 Å². The van der Waals surface area contributed by atoms with E-state index < -0.39 is 36.4 Å². The summed E-state index contributed by atoms with van der Waals surface area (Å²) in [4.78, 5) is 8.69. The van der Waals surface area contributed by atoms with E-state index in [0.29, 0.717) is 25.8 Å². The van der Waals surface area contributed by atoms with Gasteiger partial charge in [0.2, 0.25) is 0 Å². The van der Waals surface area contributed by atoms with Crippen LogP contribution in [-0.2, 0) is 9.47 Å². The van der Waals surface area contributed by atoms with E-state index in [0.717, 1.165) is 11.8 Å². The molecule has 0 saturated carbocycles. The Morgan fingerprint density at radius 2 is 2.22 bits per heavy atom. The fourth-order valence-corrected chi connectivity index (χ4v) is 5.58. The smallest absolute Gasteiger partial charge is 0.184 e. The van der Waals surface area contributed by atoms with Gasteiger partial charge in [0.1, 0.15) is 47.2 Å². The second kappa shape index (κ2) is 9.98. The summed E-state index contributed by atoms with van der Waals surface area (Å²) in [6.45, 7) is -0.437. The van der Waals surface area contributed by atoms with Gasteiger partial charge in [0.15, 0.2) is 10.2 Å². The normalized spacial score (nSPS) is 25.6. The Bertz CT molecular complexity index is 1140. The standard InChI is InChI=1S/C18H16Cl2N6O4S2/c1-29-16-14(26-5-10(24-25-26)11-7-31-18(20)23-11)15(28)12(6-27)30-17(16)32-13-2-8(19)4-22-9(13)3-21/h2,4-5,7,12,14-17,27-28H,6H2,1H3/t12?,14?,15?,16-,17?/m0/s1. The highest BCUT2D eigenvalue weighted by Gasteiger charge is 2.47. The number of pyridine rings is 1. The molecule has 5 atom stereocenters. The van der Waals surface area contributed by atoms with E-state index in [1.165, 1.54) is 29.3 Å². The third kappa shape index (κ3) is 4.61. The van der Waals surface area contributed by atoms with Crippen molar-refractivity contribution in [2.75, 3.05) is 13.7 Å². The maximum absolute atomic E-state index is 10.9. The van der Waals surface area contributed by atoms with Crippen LogP contribution < -0.4 is 0 Å². The van der Waals surface area contributed by atoms with Crippen LogP contribution in [0.1, 0.15) is 11.7 Å². The van der Waals surface area contributed by atoms with Crippen molar-refractivity contribution >= 4 is 46.3 Å². The molecule has 2 N–H and O–H groups in total. The molecule has 0 bridgehead atoms. The Morgan fingerprint density at radius 3 is 2.88 bits per heavy atom. The predicted octanol–water partition coefficient (Wildman–Crippen LogP) is 2.40. The molecule has 0 aliphatic carbocycles. The molecule has 1 aliphatic heterocycles. The minimum atomic E-state index is -1.15. The first-order valence-electron chi connectivity index (χ1n) is 9.17. The molecule has 4 rings (SSSR count). The fraction of sp³-hybridized carbons (Fsp3) is 0.389. The van der Waals surface area contributed by atoms with Crippen molar-refractivity contribution in [3.63, 3.8) is 0 Å². The van der Waals surface area contributed by atoms with E-state index in [1.807, 2.05) is 6.07 Å². The SMILES string of the molecule is CO[C@@H]1C(Sc2cc(Cl)cnc2C#N)OC(CO)C(O)C1n1cc(-c2csc(Cl)n2)nn1. The third-order valence-electron chi connectivity index (χ3n) is 4.82. The van der Waals surface area contributed by atoms with Crippen LogP contribution in [0.15, 0.2) is 28.7 Å². The molecule has 0 spiro atoms. The van der Waals surface area contributed by atoms with E-state index in [2.05, 4.69) is 20.3 Å². The molecule has 3 aromatic rings. The number of thiazole rings is 1. The monoisotopic (exact) mass is 514 g/mol. The third-order valence-corrected chi connectivity index (χ3v) is 7.18. The summed E-state index contributed by atoms with van der Waals surface area (Å²) in [6.07, 6.45) is 0.196. The minimum absolute atomic E-state index is 0.171. The average Bonchev–Trinajstić information content (AvgIpc) is 3.43. The van der Waals surface area contributed by atoms with Gasteiger partial charge in [-0.25, -0.2) is 14.6 Å². The number of aliphatic hydroxyl groups is 2. The molecule has 32 heavy (non-hydrogen) atoms. The lowest BCUT2D eigenvalue weighted by Crippen LogP contribution is -2.55. The Morgan fingerprint density at radius 1 is 1.41 bits per heavy atom. The number of methoxy groups -OCH3 is 1. The van der Waals surface area contributed by atoms with Crippen molar-refractivity contribution in [2.24, 2.45) is 0 Å². The zero-order valence-electron chi connectivity index (χ0n) is 16.4. The van der Waals surface area contributed by atoms with Crippen molar-refractivity contribution in [1.29, 1.82) is 5.26 Å². The van der Waals surface area contributed by atoms with Gasteiger partial charge in [-0.1, -0.05) is 40.2 Å². The lowest BCUT2D eigenvalue weighted by Gasteiger charge is -2.43. The molecular formula is C18H16Cl2N6O4S2. The molecule has 4 heterocycles. The number of nitrogens with zero attached hydrogens (tertiary/aromatic N) is 6. The van der Waals surface area contributed by atoms with Crippen LogP contribution in [0.5, 0.6) is 0 Å². The summed E-state index contributed by atoms with van der Waals surface area (Å²) in [7, 11) is 1.47. The van der Waals surface area contributed by atoms with Gasteiger partial charge in [0, 0.05) is 23.6 Å². The summed E-state index contributed by atoms with van der Waals surface area (Å²) in [5.41, 5.74) is 0.469. The number of thioether (sulfide) groups is 1. The number of hydrogen-bond acceptors (Lipinski definition) is 11. The molecule has 3 aromatic heterocycles. The van der Waals surface area contributed by atoms with E-state index >= 15 is 0 Å². The topological polar surface area (TPSA) is 139 Å². The van der Waals surface area contributed by atoms with Crippen LogP contribution in [0.4, 0.5) is 0 Å². The maximum Gasteiger partial charge on any atom is 0.184 e. The first-order chi connectivity index (χ1) is 15.4. The van der Waals surface area contributed by atoms with Crippen molar-refractivity contribution in [2.45, 2.75) is 34.7 Å². The van der Waals surface area contributed by atoms with Gasteiger partial charge >= 0.3 is 0 Å². The molecule has 0 aromatic carbocycles. The largest absolute Gasteiger partial charge is 0.394 e. The lowest BCUT2D eigenvalue weighted by atomic mass is 9.97. The molecule has 1 aliphatic rings.